The zero-order valence-electron chi connectivity index (χ0n) is 78.2. The Labute approximate surface area is 686 Å². The molecule has 7 aromatic carbocycles. The summed E-state index contributed by atoms with van der Waals surface area (Å²) in [5.74, 6) is 3.26. The molecule has 0 radical (unpaired) electrons. The Hall–Kier alpha value is -8.99. The second-order valence-corrected chi connectivity index (χ2v) is 39.6. The maximum atomic E-state index is 11.7. The van der Waals surface area contributed by atoms with Crippen molar-refractivity contribution in [3.05, 3.63) is 153 Å². The zero-order chi connectivity index (χ0) is 90.2. The van der Waals surface area contributed by atoms with Crippen LogP contribution in [0.2, 0.25) is 0 Å². The lowest BCUT2D eigenvalue weighted by Crippen LogP contribution is -2.19. The maximum absolute atomic E-state index is 11.7. The van der Waals surface area contributed by atoms with E-state index in [4.69, 9.17) is 18.9 Å². The van der Waals surface area contributed by atoms with Gasteiger partial charge in [-0.25, -0.2) is 4.79 Å². The van der Waals surface area contributed by atoms with Gasteiger partial charge in [-0.05, 0) is 224 Å². The molecule has 0 aliphatic rings. The van der Waals surface area contributed by atoms with E-state index in [2.05, 4.69) is 104 Å². The topological polar surface area (TPSA) is 297 Å². The summed E-state index contributed by atoms with van der Waals surface area (Å²) in [5, 5.41) is 119. The van der Waals surface area contributed by atoms with E-state index in [0.717, 1.165) is 117 Å². The minimum Gasteiger partial charge on any atom is -0.508 e. The monoisotopic (exact) mass is 1590 g/mol. The number of carbonyl (C=O) groups is 1. The van der Waals surface area contributed by atoms with Gasteiger partial charge in [0.05, 0.1) is 33.5 Å². The Balaban J connectivity index is 0.000000666. The van der Waals surface area contributed by atoms with Crippen LogP contribution in [0.1, 0.15) is 327 Å². The lowest BCUT2D eigenvalue weighted by atomic mass is 9.76. The van der Waals surface area contributed by atoms with Crippen LogP contribution in [0.15, 0.2) is 30.3 Å². The molecule has 0 aromatic heterocycles. The third-order valence-corrected chi connectivity index (χ3v) is 20.1. The molecule has 17 nitrogen and oxygen atoms in total. The van der Waals surface area contributed by atoms with E-state index in [9.17, 15) is 66.1 Å². The van der Waals surface area contributed by atoms with Crippen molar-refractivity contribution in [3.63, 3.8) is 0 Å². The molecule has 0 heterocycles. The third kappa shape index (κ3) is 25.0. The molecule has 0 aliphatic heterocycles. The Kier molecular flexibility index (Phi) is 34.5. The molecule has 0 unspecified atom stereocenters. The molecular weight excluding hydrogens is 1440 g/mol. The Morgan fingerprint density at radius 2 is 0.561 bits per heavy atom. The number of phenolic OH excluding ortho intramolecular Hbond substituents is 12. The summed E-state index contributed by atoms with van der Waals surface area (Å²) in [6.07, 6.45) is 0.680. The molecule has 0 bridgehead atoms. The highest BCUT2D eigenvalue weighted by Gasteiger charge is 2.35. The van der Waals surface area contributed by atoms with Gasteiger partial charge < -0.3 is 80.2 Å². The first kappa shape index (κ1) is 103. The Morgan fingerprint density at radius 1 is 0.272 bits per heavy atom. The molecule has 7 aromatic rings. The molecule has 0 spiro atoms. The highest BCUT2D eigenvalue weighted by Crippen LogP contribution is 2.50. The van der Waals surface area contributed by atoms with Crippen LogP contribution in [-0.2, 0) is 53.5 Å². The summed E-state index contributed by atoms with van der Waals surface area (Å²) in [4.78, 5) is 11.7. The predicted molar refractivity (Wildman–Crippen MR) is 470 cm³/mol. The summed E-state index contributed by atoms with van der Waals surface area (Å²) in [7, 11) is 5.05. The number of rotatable bonds is 6. The summed E-state index contributed by atoms with van der Waals surface area (Å²) in [6.45, 7) is 80.0. The van der Waals surface area contributed by atoms with Crippen LogP contribution >= 0.6 is 0 Å². The Morgan fingerprint density at radius 3 is 0.895 bits per heavy atom. The van der Waals surface area contributed by atoms with Crippen molar-refractivity contribution in [2.75, 3.05) is 27.9 Å². The standard InChI is InChI=1S/3C16H26O2.C13H20O2.C12H16O5.2C12H18O2/c1-10-13(16(5,6)7)12(18-8)9-11(14(10)17)15(2,3)4;1-10-13(16(5,6)7)12(17)9-11(14(10)18-8)15(2,3)4;1-9-11(15(3,4)5)14(18)10(2)12(13(9)17)16(6,7)8;1-8-7-10(15-6)11(13(3,4)5)9(2)12(8)14;1-4-5-17-12(16)8-6(2)9(13)11(15)10(14)7(8)3;1-7-6-9(13)10(12(3,4)5)8(2)11(7)14;1-7-6-9(13)8(2)10(11(7)14)12(3,4)5/h2*9,17H,1-8H3;17-18H,1-8H3;7,14H,1-6H3;13-15H,4-5H2,1-3H3;2*6,13-14H,1-5H3. The fraction of sp³-hybridized carbons (Fsp3) is 0.557. The van der Waals surface area contributed by atoms with Gasteiger partial charge in [-0.2, -0.15) is 0 Å². The SMILES string of the molecule is CCCOC(=O)c1c(C)c(O)c(O)c(O)c1C.COc1c(C(C)(C)C)cc(O)c(C(C)(C)C)c1C.COc1cc(C(C)(C)C)c(O)c(C)c1C(C)(C)C.COc1cc(C)c(O)c(C)c1C(C)(C)C.Cc1c(O)c(C(C)(C)C)c(C)c(O)c1C(C)(C)C.Cc1cc(O)c(C(C)(C)C)c(C)c1O.Cc1cc(O)c(C)c(C(C)(C)C)c1O. The van der Waals surface area contributed by atoms with Crippen LogP contribution < -0.4 is 14.2 Å². The van der Waals surface area contributed by atoms with Crippen LogP contribution in [0.25, 0.3) is 0 Å². The number of hydrogen-bond acceptors (Lipinski definition) is 17. The smallest absolute Gasteiger partial charge is 0.338 e. The lowest BCUT2D eigenvalue weighted by molar-refractivity contribution is 0.0502. The van der Waals surface area contributed by atoms with E-state index in [1.165, 1.54) is 13.8 Å². The van der Waals surface area contributed by atoms with E-state index in [-0.39, 0.29) is 89.3 Å². The second-order valence-electron chi connectivity index (χ2n) is 39.6. The number of phenols is 12. The quantitative estimate of drug-likeness (QED) is 0.0418. The van der Waals surface area contributed by atoms with Gasteiger partial charge in [0.15, 0.2) is 11.5 Å². The first-order chi connectivity index (χ1) is 51.1. The van der Waals surface area contributed by atoms with Crippen LogP contribution in [0.3, 0.4) is 0 Å². The van der Waals surface area contributed by atoms with Gasteiger partial charge in [-0.15, -0.1) is 0 Å². The molecule has 7 rings (SSSR count). The predicted octanol–water partition coefficient (Wildman–Crippen LogP) is 24.2. The molecule has 0 saturated heterocycles. The largest absolute Gasteiger partial charge is 0.508 e. The molecular formula is C97H150O17. The fourth-order valence-electron chi connectivity index (χ4n) is 15.1. The second kappa shape index (κ2) is 38.2. The highest BCUT2D eigenvalue weighted by atomic mass is 16.5. The van der Waals surface area contributed by atoms with Crippen LogP contribution in [0.4, 0.5) is 0 Å². The van der Waals surface area contributed by atoms with E-state index in [0.29, 0.717) is 46.5 Å². The molecule has 0 fully saturated rings. The van der Waals surface area contributed by atoms with Crippen molar-refractivity contribution in [2.45, 2.75) is 332 Å². The fourth-order valence-corrected chi connectivity index (χ4v) is 15.1. The van der Waals surface area contributed by atoms with Crippen LogP contribution in [-0.4, -0.2) is 95.2 Å². The highest BCUT2D eigenvalue weighted by molar-refractivity contribution is 5.95. The van der Waals surface area contributed by atoms with Crippen molar-refractivity contribution in [1.29, 1.82) is 0 Å². The van der Waals surface area contributed by atoms with E-state index < -0.39 is 23.2 Å². The number of aromatic hydroxyl groups is 12. The van der Waals surface area contributed by atoms with Gasteiger partial charge >= 0.3 is 5.97 Å². The summed E-state index contributed by atoms with van der Waals surface area (Å²) in [5.41, 5.74) is 16.2. The molecule has 0 saturated carbocycles. The van der Waals surface area contributed by atoms with Gasteiger partial charge in [-0.3, -0.25) is 0 Å². The van der Waals surface area contributed by atoms with E-state index in [1.807, 2.05) is 164 Å². The number of carbonyl (C=O) groups excluding carboxylic acids is 1. The third-order valence-electron chi connectivity index (χ3n) is 20.1. The number of hydrogen-bond donors (Lipinski definition) is 12. The van der Waals surface area contributed by atoms with Crippen molar-refractivity contribution in [3.8, 4) is 86.2 Å². The number of benzene rings is 7. The number of esters is 1. The maximum Gasteiger partial charge on any atom is 0.338 e. The van der Waals surface area contributed by atoms with Gasteiger partial charge in [0, 0.05) is 61.2 Å². The van der Waals surface area contributed by atoms with Gasteiger partial charge in [0.2, 0.25) is 5.75 Å². The van der Waals surface area contributed by atoms with Crippen molar-refractivity contribution < 1.29 is 85.0 Å². The van der Waals surface area contributed by atoms with Crippen molar-refractivity contribution in [2.24, 2.45) is 0 Å². The molecule has 0 amide bonds. The van der Waals surface area contributed by atoms with Gasteiger partial charge in [0.1, 0.15) is 69.0 Å². The number of aryl methyl sites for hydroxylation is 3. The molecule has 17 heteroatoms. The van der Waals surface area contributed by atoms with Crippen LogP contribution in [0.5, 0.6) is 86.2 Å². The minimum atomic E-state index is -0.618. The normalized spacial score (nSPS) is 12.0. The lowest BCUT2D eigenvalue weighted by Gasteiger charge is -2.30. The van der Waals surface area contributed by atoms with Crippen LogP contribution in [0, 0.1) is 83.1 Å². The first-order valence-corrected chi connectivity index (χ1v) is 39.3. The summed E-state index contributed by atoms with van der Waals surface area (Å²) < 4.78 is 21.4. The molecule has 12 N–H and O–H groups in total. The zero-order valence-corrected chi connectivity index (χ0v) is 78.2. The van der Waals surface area contributed by atoms with E-state index in [1.54, 1.807) is 47.3 Å². The average Bonchev–Trinajstić information content (AvgIpc) is 0.756. The molecule has 0 atom stereocenters. The Bertz CT molecular complexity index is 4390. The molecule has 640 valence electrons. The molecule has 114 heavy (non-hydrogen) atoms. The number of methoxy groups -OCH3 is 3. The summed E-state index contributed by atoms with van der Waals surface area (Å²) >= 11 is 0. The minimum absolute atomic E-state index is 0.0272. The van der Waals surface area contributed by atoms with E-state index >= 15 is 0 Å². The summed E-state index contributed by atoms with van der Waals surface area (Å²) in [6, 6.07) is 8.93. The van der Waals surface area contributed by atoms with Crippen molar-refractivity contribution >= 4 is 5.97 Å². The first-order valence-electron chi connectivity index (χ1n) is 39.3. The van der Waals surface area contributed by atoms with Gasteiger partial charge in [0.25, 0.3) is 0 Å². The molecule has 0 aliphatic carbocycles. The number of ether oxygens (including phenoxy) is 4. The van der Waals surface area contributed by atoms with Crippen molar-refractivity contribution in [1.82, 2.24) is 0 Å². The van der Waals surface area contributed by atoms with Gasteiger partial charge in [-0.1, -0.05) is 194 Å². The average molecular weight is 1590 g/mol.